The van der Waals surface area contributed by atoms with E-state index in [2.05, 4.69) is 12.2 Å². The number of alkyl halides is 1. The van der Waals surface area contributed by atoms with Gasteiger partial charge in [0.25, 0.3) is 0 Å². The van der Waals surface area contributed by atoms with Gasteiger partial charge in [0, 0.05) is 7.11 Å². The van der Waals surface area contributed by atoms with Crippen LogP contribution in [0.25, 0.3) is 0 Å². The Morgan fingerprint density at radius 1 is 1.62 bits per heavy atom. The number of amides is 1. The van der Waals surface area contributed by atoms with Crippen LogP contribution in [-0.2, 0) is 9.53 Å². The van der Waals surface area contributed by atoms with Crippen molar-refractivity contribution >= 4 is 17.5 Å². The molecular formula is C9H18ClNO2. The number of carbonyl (C=O) groups is 1. The van der Waals surface area contributed by atoms with Crippen LogP contribution in [0.4, 0.5) is 0 Å². The number of ether oxygens (including phenoxy) is 1. The molecule has 2 atom stereocenters. The topological polar surface area (TPSA) is 38.3 Å². The fourth-order valence-electron chi connectivity index (χ4n) is 1.06. The molecule has 0 aromatic carbocycles. The maximum Gasteiger partial charge on any atom is 0.238 e. The Bertz CT molecular complexity index is 145. The first-order valence-electron chi connectivity index (χ1n) is 4.55. The van der Waals surface area contributed by atoms with Crippen LogP contribution < -0.4 is 5.32 Å². The van der Waals surface area contributed by atoms with E-state index in [-0.39, 0.29) is 11.9 Å². The van der Waals surface area contributed by atoms with Crippen LogP contribution in [-0.4, -0.2) is 31.0 Å². The quantitative estimate of drug-likeness (QED) is 0.672. The van der Waals surface area contributed by atoms with Gasteiger partial charge in [-0.3, -0.25) is 4.79 Å². The molecule has 13 heavy (non-hydrogen) atoms. The second-order valence-electron chi connectivity index (χ2n) is 3.07. The second-order valence-corrected chi connectivity index (χ2v) is 3.72. The maximum atomic E-state index is 11.2. The minimum atomic E-state index is -0.476. The molecular weight excluding hydrogens is 190 g/mol. The van der Waals surface area contributed by atoms with Crippen LogP contribution >= 0.6 is 11.6 Å². The molecule has 0 aliphatic rings. The fraction of sp³-hybridized carbons (Fsp3) is 0.889. The predicted molar refractivity (Wildman–Crippen MR) is 54.0 cm³/mol. The summed E-state index contributed by atoms with van der Waals surface area (Å²) in [6.45, 7) is 4.27. The molecule has 4 heteroatoms. The Hall–Kier alpha value is -0.280. The highest BCUT2D eigenvalue weighted by Gasteiger charge is 2.14. The zero-order chi connectivity index (χ0) is 10.3. The number of nitrogens with one attached hydrogen (secondary N) is 1. The summed E-state index contributed by atoms with van der Waals surface area (Å²) in [6.07, 6.45) is 1.94. The van der Waals surface area contributed by atoms with E-state index in [4.69, 9.17) is 16.3 Å². The van der Waals surface area contributed by atoms with Crippen LogP contribution in [0.15, 0.2) is 0 Å². The summed E-state index contributed by atoms with van der Waals surface area (Å²) >= 11 is 5.62. The first-order valence-corrected chi connectivity index (χ1v) is 4.98. The van der Waals surface area contributed by atoms with Crippen molar-refractivity contribution in [2.24, 2.45) is 0 Å². The van der Waals surface area contributed by atoms with E-state index in [1.165, 1.54) is 0 Å². The number of hydrogen-bond donors (Lipinski definition) is 1. The van der Waals surface area contributed by atoms with Gasteiger partial charge >= 0.3 is 0 Å². The molecule has 1 N–H and O–H groups in total. The molecule has 0 aliphatic carbocycles. The van der Waals surface area contributed by atoms with Crippen molar-refractivity contribution in [2.75, 3.05) is 13.7 Å². The lowest BCUT2D eigenvalue weighted by molar-refractivity contribution is -0.121. The summed E-state index contributed by atoms with van der Waals surface area (Å²) < 4.78 is 4.98. The first kappa shape index (κ1) is 12.7. The zero-order valence-corrected chi connectivity index (χ0v) is 9.23. The van der Waals surface area contributed by atoms with Crippen molar-refractivity contribution in [3.8, 4) is 0 Å². The van der Waals surface area contributed by atoms with E-state index in [1.807, 2.05) is 0 Å². The lowest BCUT2D eigenvalue weighted by atomic mass is 10.2. The molecule has 3 nitrogen and oxygen atoms in total. The molecule has 0 radical (unpaired) electrons. The van der Waals surface area contributed by atoms with E-state index in [9.17, 15) is 4.79 Å². The standard InChI is InChI=1S/C9H18ClNO2/c1-4-5-8(6-13-3)11-9(12)7(2)10/h7-8H,4-6H2,1-3H3,(H,11,12). The van der Waals surface area contributed by atoms with Crippen molar-refractivity contribution in [1.29, 1.82) is 0 Å². The van der Waals surface area contributed by atoms with E-state index < -0.39 is 5.38 Å². The molecule has 0 bridgehead atoms. The number of methoxy groups -OCH3 is 1. The van der Waals surface area contributed by atoms with Gasteiger partial charge in [-0.25, -0.2) is 0 Å². The van der Waals surface area contributed by atoms with Gasteiger partial charge in [0.05, 0.1) is 12.6 Å². The van der Waals surface area contributed by atoms with Gasteiger partial charge in [-0.05, 0) is 13.3 Å². The van der Waals surface area contributed by atoms with Crippen molar-refractivity contribution in [3.63, 3.8) is 0 Å². The molecule has 1 amide bonds. The highest BCUT2D eigenvalue weighted by Crippen LogP contribution is 2.00. The third-order valence-electron chi connectivity index (χ3n) is 1.71. The van der Waals surface area contributed by atoms with Gasteiger partial charge < -0.3 is 10.1 Å². The van der Waals surface area contributed by atoms with Crippen LogP contribution in [0, 0.1) is 0 Å². The molecule has 0 aromatic rings. The highest BCUT2D eigenvalue weighted by atomic mass is 35.5. The number of carbonyl (C=O) groups excluding carboxylic acids is 1. The van der Waals surface area contributed by atoms with E-state index in [0.29, 0.717) is 6.61 Å². The summed E-state index contributed by atoms with van der Waals surface area (Å²) in [7, 11) is 1.62. The van der Waals surface area contributed by atoms with E-state index in [0.717, 1.165) is 12.8 Å². The molecule has 0 rings (SSSR count). The average molecular weight is 208 g/mol. The highest BCUT2D eigenvalue weighted by molar-refractivity contribution is 6.30. The molecule has 0 spiro atoms. The Kier molecular flexibility index (Phi) is 7.00. The number of hydrogen-bond acceptors (Lipinski definition) is 2. The van der Waals surface area contributed by atoms with Gasteiger partial charge in [0.2, 0.25) is 5.91 Å². The van der Waals surface area contributed by atoms with Crippen LogP contribution in [0.1, 0.15) is 26.7 Å². The van der Waals surface area contributed by atoms with Crippen molar-refractivity contribution in [3.05, 3.63) is 0 Å². The predicted octanol–water partition coefficient (Wildman–Crippen LogP) is 1.54. The number of halogens is 1. The van der Waals surface area contributed by atoms with Crippen LogP contribution in [0.5, 0.6) is 0 Å². The summed E-state index contributed by atoms with van der Waals surface area (Å²) in [5.74, 6) is -0.128. The fourth-order valence-corrected chi connectivity index (χ4v) is 1.13. The first-order chi connectivity index (χ1) is 6.11. The molecule has 78 valence electrons. The lowest BCUT2D eigenvalue weighted by Crippen LogP contribution is -2.41. The van der Waals surface area contributed by atoms with E-state index >= 15 is 0 Å². The lowest BCUT2D eigenvalue weighted by Gasteiger charge is -2.17. The van der Waals surface area contributed by atoms with Gasteiger partial charge in [0.1, 0.15) is 5.38 Å². The monoisotopic (exact) mass is 207 g/mol. The number of rotatable bonds is 6. The average Bonchev–Trinajstić information content (AvgIpc) is 2.05. The third kappa shape index (κ3) is 5.88. The molecule has 0 saturated heterocycles. The third-order valence-corrected chi connectivity index (χ3v) is 1.91. The largest absolute Gasteiger partial charge is 0.383 e. The van der Waals surface area contributed by atoms with Crippen molar-refractivity contribution in [1.82, 2.24) is 5.32 Å². The Morgan fingerprint density at radius 2 is 2.23 bits per heavy atom. The van der Waals surface area contributed by atoms with Gasteiger partial charge in [-0.15, -0.1) is 11.6 Å². The maximum absolute atomic E-state index is 11.2. The van der Waals surface area contributed by atoms with Crippen molar-refractivity contribution in [2.45, 2.75) is 38.1 Å². The van der Waals surface area contributed by atoms with Crippen LogP contribution in [0.3, 0.4) is 0 Å². The second kappa shape index (κ2) is 7.15. The van der Waals surface area contributed by atoms with Gasteiger partial charge in [-0.1, -0.05) is 13.3 Å². The molecule has 0 saturated carbocycles. The van der Waals surface area contributed by atoms with Crippen molar-refractivity contribution < 1.29 is 9.53 Å². The Labute approximate surface area is 84.8 Å². The summed E-state index contributed by atoms with van der Waals surface area (Å²) in [5, 5.41) is 2.35. The molecule has 0 heterocycles. The van der Waals surface area contributed by atoms with E-state index in [1.54, 1.807) is 14.0 Å². The minimum Gasteiger partial charge on any atom is -0.383 e. The summed E-state index contributed by atoms with van der Waals surface area (Å²) in [5.41, 5.74) is 0. The molecule has 0 aromatic heterocycles. The Balaban J connectivity index is 3.86. The molecule has 0 fully saturated rings. The van der Waals surface area contributed by atoms with Gasteiger partial charge in [0.15, 0.2) is 0 Å². The van der Waals surface area contributed by atoms with Gasteiger partial charge in [-0.2, -0.15) is 0 Å². The smallest absolute Gasteiger partial charge is 0.238 e. The summed E-state index contributed by atoms with van der Waals surface area (Å²) in [6, 6.07) is 0.0868. The minimum absolute atomic E-state index is 0.0868. The Morgan fingerprint density at radius 3 is 2.62 bits per heavy atom. The van der Waals surface area contributed by atoms with Crippen LogP contribution in [0.2, 0.25) is 0 Å². The molecule has 0 aliphatic heterocycles. The zero-order valence-electron chi connectivity index (χ0n) is 8.47. The SMILES string of the molecule is CCCC(COC)NC(=O)C(C)Cl. The summed E-state index contributed by atoms with van der Waals surface area (Å²) in [4.78, 5) is 11.2. The molecule has 2 unspecified atom stereocenters. The normalized spacial score (nSPS) is 15.1.